The maximum absolute atomic E-state index is 8.89. The Hall–Kier alpha value is -0.930. The van der Waals surface area contributed by atoms with Crippen molar-refractivity contribution in [1.29, 1.82) is 0 Å². The smallest absolute Gasteiger partial charge is 0.0626 e. The number of hydrogen-bond donors (Lipinski definition) is 2. The van der Waals surface area contributed by atoms with Gasteiger partial charge in [-0.1, -0.05) is 6.07 Å². The van der Waals surface area contributed by atoms with E-state index in [-0.39, 0.29) is 12.6 Å². The van der Waals surface area contributed by atoms with Crippen molar-refractivity contribution in [1.82, 2.24) is 10.3 Å². The average Bonchev–Trinajstić information content (AvgIpc) is 2.09. The lowest BCUT2D eigenvalue weighted by Crippen LogP contribution is -2.19. The number of likely N-dealkylation sites (N-methyl/N-ethyl adjacent to an activating group) is 1. The Bertz CT molecular complexity index is 197. The Kier molecular flexibility index (Phi) is 3.01. The second kappa shape index (κ2) is 4.05. The predicted molar refractivity (Wildman–Crippen MR) is 43.1 cm³/mol. The molecule has 0 aliphatic rings. The molecule has 11 heavy (non-hydrogen) atoms. The number of nitrogens with one attached hydrogen (secondary N) is 1. The molecule has 1 aromatic rings. The van der Waals surface area contributed by atoms with E-state index in [0.29, 0.717) is 0 Å². The Labute approximate surface area is 66.1 Å². The molecule has 3 heteroatoms. The van der Waals surface area contributed by atoms with E-state index in [1.807, 2.05) is 19.2 Å². The summed E-state index contributed by atoms with van der Waals surface area (Å²) in [5, 5.41) is 11.9. The fourth-order valence-corrected chi connectivity index (χ4v) is 0.945. The lowest BCUT2D eigenvalue weighted by Gasteiger charge is -2.11. The van der Waals surface area contributed by atoms with Gasteiger partial charge in [-0.25, -0.2) is 0 Å². The van der Waals surface area contributed by atoms with Gasteiger partial charge in [0.2, 0.25) is 0 Å². The van der Waals surface area contributed by atoms with Gasteiger partial charge in [-0.2, -0.15) is 0 Å². The molecule has 0 saturated heterocycles. The van der Waals surface area contributed by atoms with Crippen molar-refractivity contribution in [2.24, 2.45) is 0 Å². The molecule has 0 radical (unpaired) electrons. The molecule has 3 nitrogen and oxygen atoms in total. The van der Waals surface area contributed by atoms with Crippen LogP contribution in [-0.2, 0) is 0 Å². The fourth-order valence-electron chi connectivity index (χ4n) is 0.945. The standard InChI is InChI=1S/C8H12N2O/c1-9-8(6-11)7-3-2-4-10-5-7/h2-5,8-9,11H,6H2,1H3/t8-/m1/s1. The molecule has 1 atom stereocenters. The molecule has 0 aliphatic heterocycles. The molecule has 60 valence electrons. The third-order valence-electron chi connectivity index (χ3n) is 1.62. The minimum atomic E-state index is 0.00343. The topological polar surface area (TPSA) is 45.1 Å². The molecule has 0 bridgehead atoms. The molecular formula is C8H12N2O. The van der Waals surface area contributed by atoms with Crippen molar-refractivity contribution in [2.75, 3.05) is 13.7 Å². The Balaban J connectivity index is 2.74. The van der Waals surface area contributed by atoms with Crippen LogP contribution in [0.1, 0.15) is 11.6 Å². The highest BCUT2D eigenvalue weighted by molar-refractivity contribution is 5.13. The highest BCUT2D eigenvalue weighted by Gasteiger charge is 2.05. The van der Waals surface area contributed by atoms with Crippen LogP contribution in [0.2, 0.25) is 0 Å². The number of aliphatic hydroxyl groups excluding tert-OH is 1. The van der Waals surface area contributed by atoms with Crippen molar-refractivity contribution in [2.45, 2.75) is 6.04 Å². The van der Waals surface area contributed by atoms with Gasteiger partial charge in [0.1, 0.15) is 0 Å². The molecule has 1 rings (SSSR count). The minimum absolute atomic E-state index is 0.00343. The number of aromatic nitrogens is 1. The third kappa shape index (κ3) is 2.00. The lowest BCUT2D eigenvalue weighted by atomic mass is 10.1. The first-order chi connectivity index (χ1) is 5.38. The quantitative estimate of drug-likeness (QED) is 0.656. The van der Waals surface area contributed by atoms with Gasteiger partial charge in [-0.3, -0.25) is 4.98 Å². The van der Waals surface area contributed by atoms with Crippen molar-refractivity contribution >= 4 is 0 Å². The molecule has 0 unspecified atom stereocenters. The summed E-state index contributed by atoms with van der Waals surface area (Å²) in [6, 6.07) is 3.79. The zero-order valence-electron chi connectivity index (χ0n) is 6.49. The number of pyridine rings is 1. The second-order valence-corrected chi connectivity index (χ2v) is 2.31. The van der Waals surface area contributed by atoms with E-state index in [9.17, 15) is 0 Å². The summed E-state index contributed by atoms with van der Waals surface area (Å²) in [6.45, 7) is 0.0994. The zero-order valence-corrected chi connectivity index (χ0v) is 6.49. The Morgan fingerprint density at radius 3 is 3.00 bits per heavy atom. The van der Waals surface area contributed by atoms with Crippen molar-refractivity contribution < 1.29 is 5.11 Å². The van der Waals surface area contributed by atoms with Crippen LogP contribution in [0.15, 0.2) is 24.5 Å². The van der Waals surface area contributed by atoms with E-state index in [0.717, 1.165) is 5.56 Å². The Morgan fingerprint density at radius 2 is 2.55 bits per heavy atom. The molecule has 1 heterocycles. The van der Waals surface area contributed by atoms with Gasteiger partial charge < -0.3 is 10.4 Å². The summed E-state index contributed by atoms with van der Waals surface area (Å²) in [5.74, 6) is 0. The summed E-state index contributed by atoms with van der Waals surface area (Å²) in [5.41, 5.74) is 1.01. The lowest BCUT2D eigenvalue weighted by molar-refractivity contribution is 0.251. The van der Waals surface area contributed by atoms with Crippen LogP contribution in [0.25, 0.3) is 0 Å². The maximum atomic E-state index is 8.89. The van der Waals surface area contributed by atoms with Crippen LogP contribution in [-0.4, -0.2) is 23.7 Å². The molecule has 1 aromatic heterocycles. The highest BCUT2D eigenvalue weighted by Crippen LogP contribution is 2.08. The highest BCUT2D eigenvalue weighted by atomic mass is 16.3. The number of aliphatic hydroxyl groups is 1. The average molecular weight is 152 g/mol. The van der Waals surface area contributed by atoms with Crippen molar-refractivity contribution in [3.8, 4) is 0 Å². The second-order valence-electron chi connectivity index (χ2n) is 2.31. The van der Waals surface area contributed by atoms with Crippen LogP contribution in [0.5, 0.6) is 0 Å². The monoisotopic (exact) mass is 152 g/mol. The van der Waals surface area contributed by atoms with Gasteiger partial charge in [0.05, 0.1) is 12.6 Å². The first-order valence-corrected chi connectivity index (χ1v) is 3.56. The van der Waals surface area contributed by atoms with Crippen molar-refractivity contribution in [3.63, 3.8) is 0 Å². The molecule has 0 spiro atoms. The van der Waals surface area contributed by atoms with E-state index in [2.05, 4.69) is 10.3 Å². The van der Waals surface area contributed by atoms with Crippen LogP contribution in [0, 0.1) is 0 Å². The maximum Gasteiger partial charge on any atom is 0.0626 e. The van der Waals surface area contributed by atoms with E-state index in [1.54, 1.807) is 12.4 Å². The normalized spacial score (nSPS) is 12.9. The largest absolute Gasteiger partial charge is 0.394 e. The molecule has 0 fully saturated rings. The van der Waals surface area contributed by atoms with Gasteiger partial charge in [-0.15, -0.1) is 0 Å². The summed E-state index contributed by atoms with van der Waals surface area (Å²) in [6.07, 6.45) is 3.46. The predicted octanol–water partition coefficient (Wildman–Crippen LogP) is 0.334. The molecular weight excluding hydrogens is 140 g/mol. The number of rotatable bonds is 3. The SMILES string of the molecule is CN[C@H](CO)c1cccnc1. The van der Waals surface area contributed by atoms with E-state index in [1.165, 1.54) is 0 Å². The van der Waals surface area contributed by atoms with E-state index >= 15 is 0 Å². The third-order valence-corrected chi connectivity index (χ3v) is 1.62. The molecule has 0 saturated carbocycles. The number of nitrogens with zero attached hydrogens (tertiary/aromatic N) is 1. The first-order valence-electron chi connectivity index (χ1n) is 3.56. The van der Waals surface area contributed by atoms with Crippen LogP contribution in [0.4, 0.5) is 0 Å². The fraction of sp³-hybridized carbons (Fsp3) is 0.375. The number of hydrogen-bond acceptors (Lipinski definition) is 3. The summed E-state index contributed by atoms with van der Waals surface area (Å²) >= 11 is 0. The van der Waals surface area contributed by atoms with Gasteiger partial charge in [0.25, 0.3) is 0 Å². The van der Waals surface area contributed by atoms with E-state index in [4.69, 9.17) is 5.11 Å². The summed E-state index contributed by atoms with van der Waals surface area (Å²) in [4.78, 5) is 3.95. The Morgan fingerprint density at radius 1 is 1.73 bits per heavy atom. The molecule has 2 N–H and O–H groups in total. The van der Waals surface area contributed by atoms with Crippen LogP contribution < -0.4 is 5.32 Å². The zero-order chi connectivity index (χ0) is 8.10. The van der Waals surface area contributed by atoms with Gasteiger partial charge >= 0.3 is 0 Å². The van der Waals surface area contributed by atoms with Gasteiger partial charge in [-0.05, 0) is 18.7 Å². The molecule has 0 amide bonds. The van der Waals surface area contributed by atoms with Crippen LogP contribution in [0.3, 0.4) is 0 Å². The molecule has 0 aromatic carbocycles. The van der Waals surface area contributed by atoms with Crippen molar-refractivity contribution in [3.05, 3.63) is 30.1 Å². The minimum Gasteiger partial charge on any atom is -0.394 e. The van der Waals surface area contributed by atoms with Crippen LogP contribution >= 0.6 is 0 Å². The van der Waals surface area contributed by atoms with Gasteiger partial charge in [0, 0.05) is 12.4 Å². The molecule has 0 aliphatic carbocycles. The van der Waals surface area contributed by atoms with Gasteiger partial charge in [0.15, 0.2) is 0 Å². The summed E-state index contributed by atoms with van der Waals surface area (Å²) < 4.78 is 0. The summed E-state index contributed by atoms with van der Waals surface area (Å²) in [7, 11) is 1.81. The van der Waals surface area contributed by atoms with E-state index < -0.39 is 0 Å². The first kappa shape index (κ1) is 8.17.